The van der Waals surface area contributed by atoms with Crippen molar-refractivity contribution in [1.82, 2.24) is 9.97 Å². The number of ether oxygens (including phenoxy) is 2. The van der Waals surface area contributed by atoms with Crippen LogP contribution in [0.5, 0.6) is 11.5 Å². The maximum atomic E-state index is 12.8. The van der Waals surface area contributed by atoms with Crippen molar-refractivity contribution < 1.29 is 22.6 Å². The van der Waals surface area contributed by atoms with E-state index in [9.17, 15) is 13.2 Å². The summed E-state index contributed by atoms with van der Waals surface area (Å²) in [6.07, 6.45) is -1.33. The summed E-state index contributed by atoms with van der Waals surface area (Å²) in [6.45, 7) is 1.89. The van der Waals surface area contributed by atoms with Crippen molar-refractivity contribution in [2.24, 2.45) is 4.36 Å². The molecule has 0 aliphatic heterocycles. The predicted octanol–water partition coefficient (Wildman–Crippen LogP) is 6.03. The summed E-state index contributed by atoms with van der Waals surface area (Å²) < 4.78 is 53.7. The summed E-state index contributed by atoms with van der Waals surface area (Å²) in [4.78, 5) is 8.15. The Morgan fingerprint density at radius 2 is 1.90 bits per heavy atom. The molecule has 0 N–H and O–H groups in total. The van der Waals surface area contributed by atoms with E-state index in [1.807, 2.05) is 30.7 Å². The first-order valence-electron chi connectivity index (χ1n) is 9.09. The van der Waals surface area contributed by atoms with Gasteiger partial charge in [-0.2, -0.15) is 13.2 Å². The SMILES string of the molecule is C=S(C)(=Nc1nc(-c2ccc(OC)cc2OC)cs1)C(C)c1ccc(C(F)(F)F)nc1. The molecule has 2 unspecified atom stereocenters. The molecule has 0 amide bonds. The minimum absolute atomic E-state index is 0.204. The van der Waals surface area contributed by atoms with Crippen LogP contribution < -0.4 is 9.47 Å². The molecule has 1 aromatic carbocycles. The van der Waals surface area contributed by atoms with Crippen LogP contribution >= 0.6 is 11.3 Å². The molecule has 10 heteroatoms. The molecule has 2 atom stereocenters. The number of benzene rings is 1. The molecule has 2 aromatic heterocycles. The molecule has 0 radical (unpaired) electrons. The zero-order valence-electron chi connectivity index (χ0n) is 17.4. The van der Waals surface area contributed by atoms with E-state index in [-0.39, 0.29) is 5.25 Å². The Kier molecular flexibility index (Phi) is 6.61. The van der Waals surface area contributed by atoms with Crippen molar-refractivity contribution in [2.75, 3.05) is 20.5 Å². The van der Waals surface area contributed by atoms with Crippen molar-refractivity contribution in [2.45, 2.75) is 18.3 Å². The van der Waals surface area contributed by atoms with Crippen LogP contribution in [0.1, 0.15) is 23.4 Å². The van der Waals surface area contributed by atoms with Crippen molar-refractivity contribution in [3.05, 3.63) is 53.2 Å². The molecule has 0 saturated carbocycles. The van der Waals surface area contributed by atoms with Gasteiger partial charge in [0.25, 0.3) is 0 Å². The van der Waals surface area contributed by atoms with Gasteiger partial charge in [0.15, 0.2) is 0 Å². The Labute approximate surface area is 183 Å². The molecule has 3 aromatic rings. The van der Waals surface area contributed by atoms with Crippen LogP contribution in [0.15, 0.2) is 46.3 Å². The Balaban J connectivity index is 1.90. The maximum Gasteiger partial charge on any atom is 0.433 e. The van der Waals surface area contributed by atoms with Crippen LogP contribution in [-0.2, 0) is 15.6 Å². The Hall–Kier alpha value is -2.59. The number of thiazole rings is 1. The number of pyridine rings is 1. The predicted molar refractivity (Wildman–Crippen MR) is 121 cm³/mol. The zero-order chi connectivity index (χ0) is 22.8. The largest absolute Gasteiger partial charge is 0.497 e. The lowest BCUT2D eigenvalue weighted by Crippen LogP contribution is -2.11. The summed E-state index contributed by atoms with van der Waals surface area (Å²) >= 11 is 1.37. The van der Waals surface area contributed by atoms with Gasteiger partial charge < -0.3 is 9.47 Å². The normalized spacial score (nSPS) is 14.5. The summed E-state index contributed by atoms with van der Waals surface area (Å²) in [6, 6.07) is 7.89. The second-order valence-electron chi connectivity index (χ2n) is 6.90. The number of rotatable bonds is 6. The molecule has 3 rings (SSSR count). The van der Waals surface area contributed by atoms with Crippen molar-refractivity contribution in [3.63, 3.8) is 0 Å². The van der Waals surface area contributed by atoms with Crippen LogP contribution in [-0.4, -0.2) is 36.3 Å². The fourth-order valence-electron chi connectivity index (χ4n) is 2.80. The van der Waals surface area contributed by atoms with Gasteiger partial charge in [0, 0.05) is 28.5 Å². The van der Waals surface area contributed by atoms with E-state index in [1.54, 1.807) is 20.3 Å². The third kappa shape index (κ3) is 5.19. The number of hydrogen-bond donors (Lipinski definition) is 0. The molecular weight excluding hydrogens is 447 g/mol. The van der Waals surface area contributed by atoms with E-state index in [0.29, 0.717) is 27.9 Å². The number of halogens is 3. The lowest BCUT2D eigenvalue weighted by Gasteiger charge is -2.19. The van der Waals surface area contributed by atoms with Gasteiger partial charge in [-0.25, -0.2) is 9.35 Å². The molecule has 5 nitrogen and oxygen atoms in total. The van der Waals surface area contributed by atoms with Crippen LogP contribution in [0.25, 0.3) is 11.3 Å². The average Bonchev–Trinajstić information content (AvgIpc) is 3.19. The first-order valence-corrected chi connectivity index (χ1v) is 12.2. The highest BCUT2D eigenvalue weighted by molar-refractivity contribution is 8.02. The lowest BCUT2D eigenvalue weighted by atomic mass is 10.1. The Morgan fingerprint density at radius 3 is 2.48 bits per heavy atom. The topological polar surface area (TPSA) is 56.6 Å². The van der Waals surface area contributed by atoms with E-state index >= 15 is 0 Å². The van der Waals surface area contributed by atoms with Crippen LogP contribution in [0.3, 0.4) is 0 Å². The molecular formula is C21H22F3N3O2S2. The highest BCUT2D eigenvalue weighted by Gasteiger charge is 2.32. The van der Waals surface area contributed by atoms with Gasteiger partial charge in [0.1, 0.15) is 17.2 Å². The van der Waals surface area contributed by atoms with Gasteiger partial charge in [-0.1, -0.05) is 11.9 Å². The number of nitrogens with zero attached hydrogens (tertiary/aromatic N) is 3. The number of alkyl halides is 3. The molecule has 0 aliphatic carbocycles. The first-order chi connectivity index (χ1) is 14.5. The second-order valence-corrected chi connectivity index (χ2v) is 10.8. The average molecular weight is 470 g/mol. The van der Waals surface area contributed by atoms with Gasteiger partial charge in [-0.3, -0.25) is 4.98 Å². The van der Waals surface area contributed by atoms with Crippen LogP contribution in [0.4, 0.5) is 18.3 Å². The van der Waals surface area contributed by atoms with Crippen molar-refractivity contribution in [3.8, 4) is 22.8 Å². The standard InChI is InChI=1S/C21H22F3N3O2S2/c1-13(14-6-9-19(25-11-14)21(22,23)24)31(4,5)27-20-26-17(12-30-20)16-8-7-15(28-2)10-18(16)29-3/h6-13H,4H2,1-3,5H3. The molecule has 166 valence electrons. The highest BCUT2D eigenvalue weighted by atomic mass is 32.2. The molecule has 0 spiro atoms. The smallest absolute Gasteiger partial charge is 0.433 e. The highest BCUT2D eigenvalue weighted by Crippen LogP contribution is 2.37. The molecule has 2 heterocycles. The molecule has 0 saturated heterocycles. The minimum atomic E-state index is -4.47. The maximum absolute atomic E-state index is 12.8. The Bertz CT molecular complexity index is 1180. The minimum Gasteiger partial charge on any atom is -0.497 e. The molecule has 0 aliphatic rings. The van der Waals surface area contributed by atoms with Gasteiger partial charge in [-0.15, -0.1) is 20.8 Å². The zero-order valence-corrected chi connectivity index (χ0v) is 19.1. The van der Waals surface area contributed by atoms with E-state index in [4.69, 9.17) is 13.8 Å². The monoisotopic (exact) mass is 469 g/mol. The van der Waals surface area contributed by atoms with E-state index < -0.39 is 21.3 Å². The summed E-state index contributed by atoms with van der Waals surface area (Å²) in [5.74, 6) is 5.55. The molecule has 0 fully saturated rings. The summed E-state index contributed by atoms with van der Waals surface area (Å²) in [5.41, 5.74) is 1.25. The second kappa shape index (κ2) is 8.88. The van der Waals surface area contributed by atoms with E-state index in [0.717, 1.165) is 11.6 Å². The summed E-state index contributed by atoms with van der Waals surface area (Å²) in [5, 5.41) is 2.22. The quantitative estimate of drug-likeness (QED) is 0.414. The van der Waals surface area contributed by atoms with Gasteiger partial charge in [0.05, 0.1) is 19.9 Å². The number of hydrogen-bond acceptors (Lipinski definition) is 6. The van der Waals surface area contributed by atoms with E-state index in [1.165, 1.54) is 23.6 Å². The third-order valence-corrected chi connectivity index (χ3v) is 8.01. The Morgan fingerprint density at radius 1 is 1.16 bits per heavy atom. The molecule has 31 heavy (non-hydrogen) atoms. The molecule has 0 bridgehead atoms. The third-order valence-electron chi connectivity index (χ3n) is 4.77. The van der Waals surface area contributed by atoms with Crippen LogP contribution in [0, 0.1) is 0 Å². The van der Waals surface area contributed by atoms with Gasteiger partial charge >= 0.3 is 6.18 Å². The fourth-order valence-corrected chi connectivity index (χ4v) is 5.32. The summed E-state index contributed by atoms with van der Waals surface area (Å²) in [7, 11) is 1.30. The van der Waals surface area contributed by atoms with Crippen molar-refractivity contribution in [1.29, 1.82) is 0 Å². The fraction of sp³-hybridized carbons (Fsp3) is 0.286. The van der Waals surface area contributed by atoms with Gasteiger partial charge in [-0.05, 0) is 36.9 Å². The number of methoxy groups -OCH3 is 2. The lowest BCUT2D eigenvalue weighted by molar-refractivity contribution is -0.141. The number of aromatic nitrogens is 2. The van der Waals surface area contributed by atoms with E-state index in [2.05, 4.69) is 15.8 Å². The van der Waals surface area contributed by atoms with Gasteiger partial charge in [0.2, 0.25) is 5.13 Å². The van der Waals surface area contributed by atoms with Crippen molar-refractivity contribution >= 4 is 31.8 Å². The first kappa shape index (κ1) is 23.1. The van der Waals surface area contributed by atoms with Crippen LogP contribution in [0.2, 0.25) is 0 Å².